The van der Waals surface area contributed by atoms with Crippen molar-refractivity contribution in [1.82, 2.24) is 10.9 Å². The molecule has 1 fully saturated rings. The molecule has 0 radical (unpaired) electrons. The van der Waals surface area contributed by atoms with Gasteiger partial charge in [-0.15, -0.1) is 0 Å². The van der Waals surface area contributed by atoms with Gasteiger partial charge in [0.2, 0.25) is 5.91 Å². The van der Waals surface area contributed by atoms with Gasteiger partial charge in [-0.05, 0) is 42.8 Å². The molecule has 1 aliphatic rings. The molecule has 1 saturated heterocycles. The summed E-state index contributed by atoms with van der Waals surface area (Å²) in [5, 5.41) is 0. The van der Waals surface area contributed by atoms with Gasteiger partial charge in [-0.25, -0.2) is 0 Å². The summed E-state index contributed by atoms with van der Waals surface area (Å²) in [6.07, 6.45) is 1.38. The van der Waals surface area contributed by atoms with Crippen LogP contribution in [-0.4, -0.2) is 38.5 Å². The van der Waals surface area contributed by atoms with Gasteiger partial charge in [0.25, 0.3) is 11.8 Å². The molecule has 0 saturated carbocycles. The average molecular weight is 383 g/mol. The molecule has 2 N–H and O–H groups in total. The van der Waals surface area contributed by atoms with E-state index in [9.17, 15) is 14.4 Å². The first kappa shape index (κ1) is 19.2. The highest BCUT2D eigenvalue weighted by atomic mass is 16.5. The maximum Gasteiger partial charge on any atom is 0.269 e. The molecule has 0 unspecified atom stereocenters. The predicted octanol–water partition coefficient (Wildman–Crippen LogP) is 1.91. The summed E-state index contributed by atoms with van der Waals surface area (Å²) in [7, 11) is 2.97. The van der Waals surface area contributed by atoms with Gasteiger partial charge in [-0.2, -0.15) is 0 Å². The fraction of sp³-hybridized carbons (Fsp3) is 0.250. The Morgan fingerprint density at radius 1 is 0.893 bits per heavy atom. The first-order chi connectivity index (χ1) is 13.5. The highest BCUT2D eigenvalue weighted by molar-refractivity contribution is 6.00. The second kappa shape index (κ2) is 8.43. The number of benzene rings is 2. The van der Waals surface area contributed by atoms with Crippen LogP contribution in [0, 0.1) is 0 Å². The lowest BCUT2D eigenvalue weighted by Gasteiger charge is -2.16. The number of ether oxygens (including phenoxy) is 2. The average Bonchev–Trinajstić information content (AvgIpc) is 3.17. The van der Waals surface area contributed by atoms with Gasteiger partial charge in [0.05, 0.1) is 14.2 Å². The normalized spacial score (nSPS) is 13.2. The Labute approximate surface area is 162 Å². The van der Waals surface area contributed by atoms with Crippen LogP contribution < -0.4 is 25.2 Å². The molecule has 0 spiro atoms. The lowest BCUT2D eigenvalue weighted by molar-refractivity contribution is -0.117. The number of carbonyl (C=O) groups is 3. The van der Waals surface area contributed by atoms with E-state index in [2.05, 4.69) is 10.9 Å². The van der Waals surface area contributed by atoms with Gasteiger partial charge < -0.3 is 14.4 Å². The fourth-order valence-electron chi connectivity index (χ4n) is 2.91. The molecule has 0 bridgehead atoms. The number of amides is 3. The summed E-state index contributed by atoms with van der Waals surface area (Å²) in [5.41, 5.74) is 6.13. The molecular formula is C20H21N3O5. The molecule has 0 aromatic heterocycles. The summed E-state index contributed by atoms with van der Waals surface area (Å²) in [4.78, 5) is 38.0. The predicted molar refractivity (Wildman–Crippen MR) is 103 cm³/mol. The lowest BCUT2D eigenvalue weighted by atomic mass is 10.2. The number of anilines is 1. The van der Waals surface area contributed by atoms with Crippen LogP contribution in [0.15, 0.2) is 42.5 Å². The number of hydrazine groups is 1. The van der Waals surface area contributed by atoms with E-state index in [0.717, 1.165) is 12.1 Å². The van der Waals surface area contributed by atoms with Gasteiger partial charge in [-0.3, -0.25) is 25.2 Å². The molecule has 2 aromatic rings. The van der Waals surface area contributed by atoms with E-state index in [1.54, 1.807) is 35.2 Å². The lowest BCUT2D eigenvalue weighted by Crippen LogP contribution is -2.41. The van der Waals surface area contributed by atoms with Crippen LogP contribution in [0.3, 0.4) is 0 Å². The second-order valence-electron chi connectivity index (χ2n) is 6.21. The smallest absolute Gasteiger partial charge is 0.269 e. The standard InChI is InChI=1S/C20H21N3O5/c1-27-16-10-14(11-17(12-16)28-2)20(26)22-21-19(25)13-5-7-15(8-6-13)23-9-3-4-18(23)24/h5-8,10-12H,3-4,9H2,1-2H3,(H,21,25)(H,22,26). The van der Waals surface area contributed by atoms with Crippen LogP contribution in [0.5, 0.6) is 11.5 Å². The van der Waals surface area contributed by atoms with E-state index < -0.39 is 11.8 Å². The van der Waals surface area contributed by atoms with Crippen molar-refractivity contribution in [2.45, 2.75) is 12.8 Å². The maximum absolute atomic E-state index is 12.3. The minimum Gasteiger partial charge on any atom is -0.497 e. The largest absolute Gasteiger partial charge is 0.497 e. The third kappa shape index (κ3) is 4.22. The van der Waals surface area contributed by atoms with E-state index in [1.807, 2.05) is 0 Å². The van der Waals surface area contributed by atoms with Crippen LogP contribution in [0.25, 0.3) is 0 Å². The summed E-state index contributed by atoms with van der Waals surface area (Å²) in [6.45, 7) is 0.685. The molecular weight excluding hydrogens is 362 g/mol. The van der Waals surface area contributed by atoms with Crippen molar-refractivity contribution in [3.8, 4) is 11.5 Å². The van der Waals surface area contributed by atoms with Crippen molar-refractivity contribution >= 4 is 23.4 Å². The minimum absolute atomic E-state index is 0.0817. The molecule has 8 nitrogen and oxygen atoms in total. The van der Waals surface area contributed by atoms with Gasteiger partial charge in [0.1, 0.15) is 11.5 Å². The Bertz CT molecular complexity index is 873. The number of rotatable bonds is 5. The van der Waals surface area contributed by atoms with E-state index in [0.29, 0.717) is 30.0 Å². The maximum atomic E-state index is 12.3. The highest BCUT2D eigenvalue weighted by Gasteiger charge is 2.21. The molecule has 1 heterocycles. The van der Waals surface area contributed by atoms with Crippen molar-refractivity contribution in [2.24, 2.45) is 0 Å². The first-order valence-corrected chi connectivity index (χ1v) is 8.76. The Balaban J connectivity index is 1.62. The van der Waals surface area contributed by atoms with Crippen LogP contribution in [0.2, 0.25) is 0 Å². The van der Waals surface area contributed by atoms with Crippen molar-refractivity contribution < 1.29 is 23.9 Å². The van der Waals surface area contributed by atoms with Crippen molar-refractivity contribution in [1.29, 1.82) is 0 Å². The van der Waals surface area contributed by atoms with Crippen LogP contribution in [0.1, 0.15) is 33.6 Å². The minimum atomic E-state index is -0.509. The molecule has 28 heavy (non-hydrogen) atoms. The molecule has 0 atom stereocenters. The molecule has 2 aromatic carbocycles. The molecule has 1 aliphatic heterocycles. The first-order valence-electron chi connectivity index (χ1n) is 8.76. The third-order valence-corrected chi connectivity index (χ3v) is 4.42. The van der Waals surface area contributed by atoms with Crippen molar-refractivity contribution in [2.75, 3.05) is 25.7 Å². The zero-order valence-electron chi connectivity index (χ0n) is 15.7. The Morgan fingerprint density at radius 3 is 1.96 bits per heavy atom. The number of methoxy groups -OCH3 is 2. The quantitative estimate of drug-likeness (QED) is 0.769. The highest BCUT2D eigenvalue weighted by Crippen LogP contribution is 2.23. The Morgan fingerprint density at radius 2 is 1.46 bits per heavy atom. The zero-order valence-corrected chi connectivity index (χ0v) is 15.7. The number of nitrogens with zero attached hydrogens (tertiary/aromatic N) is 1. The van der Waals surface area contributed by atoms with Gasteiger partial charge >= 0.3 is 0 Å². The van der Waals surface area contributed by atoms with Gasteiger partial charge in [0, 0.05) is 35.8 Å². The molecule has 3 amide bonds. The molecule has 146 valence electrons. The summed E-state index contributed by atoms with van der Waals surface area (Å²) in [5.74, 6) is 0.0243. The van der Waals surface area contributed by atoms with Crippen molar-refractivity contribution in [3.05, 3.63) is 53.6 Å². The third-order valence-electron chi connectivity index (χ3n) is 4.42. The van der Waals surface area contributed by atoms with Crippen LogP contribution in [0.4, 0.5) is 5.69 Å². The van der Waals surface area contributed by atoms with Crippen LogP contribution >= 0.6 is 0 Å². The summed E-state index contributed by atoms with van der Waals surface area (Å²) in [6, 6.07) is 11.4. The van der Waals surface area contributed by atoms with Crippen molar-refractivity contribution in [3.63, 3.8) is 0 Å². The molecule has 3 rings (SSSR count). The van der Waals surface area contributed by atoms with E-state index >= 15 is 0 Å². The second-order valence-corrected chi connectivity index (χ2v) is 6.21. The summed E-state index contributed by atoms with van der Waals surface area (Å²) >= 11 is 0. The summed E-state index contributed by atoms with van der Waals surface area (Å²) < 4.78 is 10.3. The van der Waals surface area contributed by atoms with E-state index in [1.165, 1.54) is 26.4 Å². The monoisotopic (exact) mass is 383 g/mol. The van der Waals surface area contributed by atoms with E-state index in [4.69, 9.17) is 9.47 Å². The Kier molecular flexibility index (Phi) is 5.78. The van der Waals surface area contributed by atoms with Gasteiger partial charge in [0.15, 0.2) is 0 Å². The molecule has 0 aliphatic carbocycles. The number of nitrogens with one attached hydrogen (secondary N) is 2. The molecule has 8 heteroatoms. The fourth-order valence-corrected chi connectivity index (χ4v) is 2.91. The number of hydrogen-bond acceptors (Lipinski definition) is 5. The number of carbonyl (C=O) groups excluding carboxylic acids is 3. The van der Waals surface area contributed by atoms with E-state index in [-0.39, 0.29) is 11.5 Å². The van der Waals surface area contributed by atoms with Crippen LogP contribution in [-0.2, 0) is 4.79 Å². The topological polar surface area (TPSA) is 97.0 Å². The Hall–Kier alpha value is -3.55. The van der Waals surface area contributed by atoms with Gasteiger partial charge in [-0.1, -0.05) is 0 Å². The number of hydrogen-bond donors (Lipinski definition) is 2. The SMILES string of the molecule is COc1cc(OC)cc(C(=O)NNC(=O)c2ccc(N3CCCC3=O)cc2)c1. The zero-order chi connectivity index (χ0) is 20.1.